The maximum Gasteiger partial charge on any atom is 0.128 e. The molecule has 0 unspecified atom stereocenters. The van der Waals surface area contributed by atoms with Crippen LogP contribution in [0.3, 0.4) is 0 Å². The molecule has 0 saturated carbocycles. The zero-order valence-electron chi connectivity index (χ0n) is 7.46. The molecule has 0 bridgehead atoms. The number of hydrogen-bond acceptors (Lipinski definition) is 3. The Kier molecular flexibility index (Phi) is 4.00. The quantitative estimate of drug-likeness (QED) is 0.610. The van der Waals surface area contributed by atoms with E-state index in [-0.39, 0.29) is 12.4 Å². The van der Waals surface area contributed by atoms with Crippen LogP contribution >= 0.6 is 35.0 Å². The molecule has 0 aliphatic carbocycles. The Morgan fingerprint density at radius 3 is 2.71 bits per heavy atom. The van der Waals surface area contributed by atoms with Crippen molar-refractivity contribution in [2.24, 2.45) is 4.99 Å². The topological polar surface area (TPSA) is 50.4 Å². The van der Waals surface area contributed by atoms with Gasteiger partial charge in [0.2, 0.25) is 0 Å². The fourth-order valence-corrected chi connectivity index (χ4v) is 2.04. The van der Waals surface area contributed by atoms with Crippen LogP contribution in [0.5, 0.6) is 0 Å². The molecule has 0 spiro atoms. The van der Waals surface area contributed by atoms with Gasteiger partial charge < -0.3 is 11.1 Å². The van der Waals surface area contributed by atoms with Crippen LogP contribution in [0.4, 0.5) is 5.69 Å². The van der Waals surface area contributed by atoms with Crippen LogP contribution < -0.4 is 11.1 Å². The molecule has 3 N–H and O–H groups in total. The van der Waals surface area contributed by atoms with Crippen LogP contribution in [0.2, 0.25) is 0 Å². The second-order valence-corrected chi connectivity index (χ2v) is 4.18. The predicted octanol–water partition coefficient (Wildman–Crippen LogP) is 1.64. The highest BCUT2D eigenvalue weighted by atomic mass is 127. The van der Waals surface area contributed by atoms with Crippen molar-refractivity contribution < 1.29 is 0 Å². The van der Waals surface area contributed by atoms with Crippen molar-refractivity contribution in [3.05, 3.63) is 27.3 Å². The molecule has 1 aromatic rings. The van der Waals surface area contributed by atoms with Crippen LogP contribution in [-0.4, -0.2) is 18.9 Å². The molecule has 14 heavy (non-hydrogen) atoms. The first-order valence-electron chi connectivity index (χ1n) is 4.10. The van der Waals surface area contributed by atoms with Gasteiger partial charge in [-0.1, -0.05) is 0 Å². The van der Waals surface area contributed by atoms with Gasteiger partial charge in [-0.3, -0.25) is 4.99 Å². The summed E-state index contributed by atoms with van der Waals surface area (Å²) < 4.78 is 1.14. The molecule has 0 saturated heterocycles. The van der Waals surface area contributed by atoms with E-state index < -0.39 is 0 Å². The van der Waals surface area contributed by atoms with E-state index in [4.69, 9.17) is 5.73 Å². The van der Waals surface area contributed by atoms with Crippen molar-refractivity contribution in [3.8, 4) is 0 Å². The number of hydrogen-bond donors (Lipinski definition) is 2. The second-order valence-electron chi connectivity index (χ2n) is 2.93. The Hall–Kier alpha value is -0.490. The van der Waals surface area contributed by atoms with Gasteiger partial charge in [0.1, 0.15) is 5.84 Å². The Balaban J connectivity index is 0.000000980. The third kappa shape index (κ3) is 2.51. The summed E-state index contributed by atoms with van der Waals surface area (Å²) in [5.41, 5.74) is 7.61. The highest BCUT2D eigenvalue weighted by molar-refractivity contribution is 14.1. The van der Waals surface area contributed by atoms with E-state index >= 15 is 0 Å². The lowest BCUT2D eigenvalue weighted by molar-refractivity contribution is 0.960. The standard InChI is InChI=1S/C9H10IN3.ClH/c10-7-3-6(4-8(11)5-7)9-12-1-2-13-9;/h3-5H,1-2,11H2,(H,12,13);1H. The SMILES string of the molecule is Cl.Nc1cc(I)cc(C2=NCCN2)c1. The molecular formula is C9H11ClIN3. The lowest BCUT2D eigenvalue weighted by atomic mass is 10.2. The molecule has 1 aromatic carbocycles. The van der Waals surface area contributed by atoms with Crippen LogP contribution in [0.15, 0.2) is 23.2 Å². The Morgan fingerprint density at radius 2 is 2.14 bits per heavy atom. The molecule has 1 aliphatic heterocycles. The molecule has 5 heteroatoms. The highest BCUT2D eigenvalue weighted by Crippen LogP contribution is 2.14. The number of aliphatic imine (C=N–C) groups is 1. The lowest BCUT2D eigenvalue weighted by Crippen LogP contribution is -2.19. The van der Waals surface area contributed by atoms with Gasteiger partial charge in [-0.2, -0.15) is 0 Å². The number of anilines is 1. The molecule has 1 aliphatic rings. The maximum absolute atomic E-state index is 5.74. The first-order chi connectivity index (χ1) is 6.25. The number of benzene rings is 1. The molecule has 3 nitrogen and oxygen atoms in total. The summed E-state index contributed by atoms with van der Waals surface area (Å²) in [5, 5.41) is 3.22. The molecule has 1 heterocycles. The molecule has 0 aromatic heterocycles. The third-order valence-electron chi connectivity index (χ3n) is 1.87. The summed E-state index contributed by atoms with van der Waals surface area (Å²) >= 11 is 2.25. The third-order valence-corrected chi connectivity index (χ3v) is 2.49. The summed E-state index contributed by atoms with van der Waals surface area (Å²) in [6.07, 6.45) is 0. The minimum atomic E-state index is 0. The van der Waals surface area contributed by atoms with Crippen LogP contribution in [0.1, 0.15) is 5.56 Å². The molecule has 2 rings (SSSR count). The van der Waals surface area contributed by atoms with Gasteiger partial charge in [0.25, 0.3) is 0 Å². The Morgan fingerprint density at radius 1 is 1.36 bits per heavy atom. The number of nitrogen functional groups attached to an aromatic ring is 1. The summed E-state index contributed by atoms with van der Waals surface area (Å²) in [4.78, 5) is 4.33. The summed E-state index contributed by atoms with van der Waals surface area (Å²) in [7, 11) is 0. The monoisotopic (exact) mass is 323 g/mol. The van der Waals surface area contributed by atoms with Crippen LogP contribution in [0, 0.1) is 3.57 Å². The fourth-order valence-electron chi connectivity index (χ4n) is 1.34. The number of rotatable bonds is 1. The van der Waals surface area contributed by atoms with Crippen molar-refractivity contribution in [2.45, 2.75) is 0 Å². The Bertz CT molecular complexity index is 345. The first-order valence-corrected chi connectivity index (χ1v) is 5.18. The van der Waals surface area contributed by atoms with E-state index in [2.05, 4.69) is 39.0 Å². The smallest absolute Gasteiger partial charge is 0.128 e. The van der Waals surface area contributed by atoms with Gasteiger partial charge in [-0.05, 0) is 40.8 Å². The molecule has 0 amide bonds. The van der Waals surface area contributed by atoms with E-state index in [9.17, 15) is 0 Å². The number of nitrogens with zero attached hydrogens (tertiary/aromatic N) is 1. The van der Waals surface area contributed by atoms with E-state index in [0.29, 0.717) is 0 Å². The van der Waals surface area contributed by atoms with Crippen LogP contribution in [-0.2, 0) is 0 Å². The normalized spacial score (nSPS) is 14.2. The van der Waals surface area contributed by atoms with Gasteiger partial charge in [0.05, 0.1) is 6.54 Å². The van der Waals surface area contributed by atoms with E-state index in [1.807, 2.05) is 12.1 Å². The second kappa shape index (κ2) is 4.84. The van der Waals surface area contributed by atoms with Crippen molar-refractivity contribution in [1.82, 2.24) is 5.32 Å². The minimum Gasteiger partial charge on any atom is -0.399 e. The Labute approximate surface area is 103 Å². The van der Waals surface area contributed by atoms with E-state index in [0.717, 1.165) is 33.7 Å². The van der Waals surface area contributed by atoms with Crippen molar-refractivity contribution in [1.29, 1.82) is 0 Å². The van der Waals surface area contributed by atoms with Gasteiger partial charge in [-0.25, -0.2) is 0 Å². The van der Waals surface area contributed by atoms with Gasteiger partial charge in [-0.15, -0.1) is 12.4 Å². The number of amidine groups is 1. The van der Waals surface area contributed by atoms with E-state index in [1.54, 1.807) is 0 Å². The van der Waals surface area contributed by atoms with Crippen LogP contribution in [0.25, 0.3) is 0 Å². The number of nitrogens with two attached hydrogens (primary N) is 1. The molecule has 76 valence electrons. The zero-order chi connectivity index (χ0) is 9.26. The lowest BCUT2D eigenvalue weighted by Gasteiger charge is -2.04. The summed E-state index contributed by atoms with van der Waals surface area (Å²) in [5.74, 6) is 0.963. The largest absolute Gasteiger partial charge is 0.399 e. The molecule has 0 fully saturated rings. The minimum absolute atomic E-state index is 0. The van der Waals surface area contributed by atoms with Gasteiger partial charge in [0.15, 0.2) is 0 Å². The van der Waals surface area contributed by atoms with Crippen molar-refractivity contribution >= 4 is 46.5 Å². The zero-order valence-corrected chi connectivity index (χ0v) is 10.4. The molecule has 0 radical (unpaired) electrons. The predicted molar refractivity (Wildman–Crippen MR) is 70.2 cm³/mol. The molecular weight excluding hydrogens is 312 g/mol. The maximum atomic E-state index is 5.74. The average Bonchev–Trinajstić information content (AvgIpc) is 2.53. The summed E-state index contributed by atoms with van der Waals surface area (Å²) in [6.45, 7) is 1.79. The highest BCUT2D eigenvalue weighted by Gasteiger charge is 2.08. The number of nitrogens with one attached hydrogen (secondary N) is 1. The van der Waals surface area contributed by atoms with Gasteiger partial charge >= 0.3 is 0 Å². The van der Waals surface area contributed by atoms with Gasteiger partial charge in [0, 0.05) is 21.4 Å². The number of halogens is 2. The molecule has 0 atom stereocenters. The first kappa shape index (κ1) is 11.6. The summed E-state index contributed by atoms with van der Waals surface area (Å²) in [6, 6.07) is 5.97. The van der Waals surface area contributed by atoms with E-state index in [1.165, 1.54) is 0 Å². The van der Waals surface area contributed by atoms with Crippen molar-refractivity contribution in [2.75, 3.05) is 18.8 Å². The average molecular weight is 324 g/mol. The fraction of sp³-hybridized carbons (Fsp3) is 0.222. The van der Waals surface area contributed by atoms with Crippen molar-refractivity contribution in [3.63, 3.8) is 0 Å².